The molecule has 0 spiro atoms. The van der Waals surface area contributed by atoms with E-state index in [0.717, 1.165) is 0 Å². The topological polar surface area (TPSA) is 105 Å². The summed E-state index contributed by atoms with van der Waals surface area (Å²) in [4.78, 5) is 24.4. The summed E-state index contributed by atoms with van der Waals surface area (Å²) in [5.41, 5.74) is 0.896. The quantitative estimate of drug-likeness (QED) is 0.515. The van der Waals surface area contributed by atoms with Gasteiger partial charge in [0, 0.05) is 11.8 Å². The largest absolute Gasteiger partial charge is 0.461 e. The molecule has 1 heterocycles. The van der Waals surface area contributed by atoms with Gasteiger partial charge in [0.15, 0.2) is 5.69 Å². The van der Waals surface area contributed by atoms with E-state index in [9.17, 15) is 19.1 Å². The molecule has 9 heteroatoms. The molecule has 0 saturated carbocycles. The van der Waals surface area contributed by atoms with Crippen LogP contribution in [0.3, 0.4) is 0 Å². The van der Waals surface area contributed by atoms with Gasteiger partial charge in [-0.05, 0) is 30.7 Å². The Hall–Kier alpha value is -3.72. The van der Waals surface area contributed by atoms with E-state index < -0.39 is 23.9 Å². The molecule has 1 aromatic heterocycles. The summed E-state index contributed by atoms with van der Waals surface area (Å²) < 4.78 is 19.6. The van der Waals surface area contributed by atoms with Gasteiger partial charge in [0.25, 0.3) is 0 Å². The third-order valence-electron chi connectivity index (χ3n) is 4.12. The first-order valence-electron chi connectivity index (χ1n) is 9.28. The van der Waals surface area contributed by atoms with Gasteiger partial charge in [-0.25, -0.2) is 18.7 Å². The van der Waals surface area contributed by atoms with E-state index in [-0.39, 0.29) is 30.4 Å². The minimum absolute atomic E-state index is 0.0149. The molecule has 3 rings (SSSR count). The van der Waals surface area contributed by atoms with E-state index in [1.165, 1.54) is 35.0 Å². The van der Waals surface area contributed by atoms with Crippen LogP contribution in [-0.2, 0) is 11.3 Å². The van der Waals surface area contributed by atoms with E-state index in [1.807, 2.05) is 6.07 Å². The predicted molar refractivity (Wildman–Crippen MR) is 109 cm³/mol. The van der Waals surface area contributed by atoms with Crippen LogP contribution in [0, 0.1) is 5.82 Å². The van der Waals surface area contributed by atoms with Gasteiger partial charge >= 0.3 is 12.0 Å². The van der Waals surface area contributed by atoms with Gasteiger partial charge in [-0.3, -0.25) is 5.32 Å². The summed E-state index contributed by atoms with van der Waals surface area (Å²) in [5.74, 6) is -0.977. The van der Waals surface area contributed by atoms with E-state index in [1.54, 1.807) is 31.2 Å². The number of carbonyl (C=O) groups excluding carboxylic acids is 2. The summed E-state index contributed by atoms with van der Waals surface area (Å²) in [6, 6.07) is 15.0. The first kappa shape index (κ1) is 21.0. The second-order valence-electron chi connectivity index (χ2n) is 6.33. The van der Waals surface area contributed by atoms with Crippen molar-refractivity contribution in [1.29, 1.82) is 0 Å². The molecule has 156 valence electrons. The summed E-state index contributed by atoms with van der Waals surface area (Å²) in [5, 5.41) is 19.7. The van der Waals surface area contributed by atoms with E-state index >= 15 is 0 Å². The molecule has 1 unspecified atom stereocenters. The number of esters is 1. The second-order valence-corrected chi connectivity index (χ2v) is 6.33. The third kappa shape index (κ3) is 5.42. The number of aliphatic hydroxyl groups excluding tert-OH is 1. The summed E-state index contributed by atoms with van der Waals surface area (Å²) in [7, 11) is 0. The number of ether oxygens (including phenoxy) is 1. The lowest BCUT2D eigenvalue weighted by Gasteiger charge is -2.14. The van der Waals surface area contributed by atoms with Crippen LogP contribution in [0.1, 0.15) is 29.1 Å². The highest BCUT2D eigenvalue weighted by atomic mass is 19.1. The molecule has 0 aliphatic carbocycles. The zero-order valence-electron chi connectivity index (χ0n) is 16.2. The number of amides is 2. The van der Waals surface area contributed by atoms with Gasteiger partial charge in [0.2, 0.25) is 0 Å². The third-order valence-corrected chi connectivity index (χ3v) is 4.12. The van der Waals surface area contributed by atoms with Crippen LogP contribution >= 0.6 is 0 Å². The Labute approximate surface area is 172 Å². The number of anilines is 2. The average Bonchev–Trinajstić information content (AvgIpc) is 3.11. The molecule has 8 nitrogen and oxygen atoms in total. The number of benzene rings is 2. The molecule has 0 saturated heterocycles. The molecular formula is C21H21FN4O4. The Morgan fingerprint density at radius 1 is 1.13 bits per heavy atom. The Kier molecular flexibility index (Phi) is 6.76. The van der Waals surface area contributed by atoms with Crippen molar-refractivity contribution in [2.75, 3.05) is 17.2 Å². The SMILES string of the molecule is CCOC(=O)c1cc(NC(=O)Nc2cccc(F)c2)n(CC(O)c2ccccc2)n1. The van der Waals surface area contributed by atoms with Crippen molar-refractivity contribution in [2.24, 2.45) is 0 Å². The molecule has 0 aliphatic rings. The number of hydrogen-bond donors (Lipinski definition) is 3. The van der Waals surface area contributed by atoms with Gasteiger partial charge in [-0.1, -0.05) is 36.4 Å². The van der Waals surface area contributed by atoms with E-state index in [2.05, 4.69) is 15.7 Å². The van der Waals surface area contributed by atoms with Crippen molar-refractivity contribution in [3.8, 4) is 0 Å². The Bertz CT molecular complexity index is 1020. The molecule has 0 bridgehead atoms. The summed E-state index contributed by atoms with van der Waals surface area (Å²) >= 11 is 0. The maximum atomic E-state index is 13.3. The number of carbonyl (C=O) groups is 2. The minimum Gasteiger partial charge on any atom is -0.461 e. The number of nitrogens with zero attached hydrogens (tertiary/aromatic N) is 2. The molecule has 0 aliphatic heterocycles. The number of nitrogens with one attached hydrogen (secondary N) is 2. The molecule has 0 radical (unpaired) electrons. The number of aromatic nitrogens is 2. The standard InChI is InChI=1S/C21H21FN4O4/c1-2-30-20(28)17-12-19(24-21(29)23-16-10-6-9-15(22)11-16)26(25-17)13-18(27)14-7-4-3-5-8-14/h3-12,18,27H,2,13H2,1H3,(H2,23,24,29). The maximum absolute atomic E-state index is 13.3. The molecule has 2 aromatic carbocycles. The molecule has 1 atom stereocenters. The van der Waals surface area contributed by atoms with Crippen LogP contribution in [0.15, 0.2) is 60.7 Å². The van der Waals surface area contributed by atoms with Gasteiger partial charge in [0.05, 0.1) is 19.3 Å². The number of hydrogen-bond acceptors (Lipinski definition) is 5. The number of aliphatic hydroxyl groups is 1. The van der Waals surface area contributed by atoms with Crippen molar-refractivity contribution in [3.05, 3.63) is 77.7 Å². The monoisotopic (exact) mass is 412 g/mol. The van der Waals surface area contributed by atoms with Crippen molar-refractivity contribution < 1.29 is 23.8 Å². The number of halogens is 1. The Morgan fingerprint density at radius 2 is 1.90 bits per heavy atom. The van der Waals surface area contributed by atoms with Crippen LogP contribution < -0.4 is 10.6 Å². The van der Waals surface area contributed by atoms with Crippen molar-refractivity contribution >= 4 is 23.5 Å². The van der Waals surface area contributed by atoms with Crippen molar-refractivity contribution in [2.45, 2.75) is 19.6 Å². The maximum Gasteiger partial charge on any atom is 0.358 e. The predicted octanol–water partition coefficient (Wildman–Crippen LogP) is 3.58. The molecule has 2 amide bonds. The highest BCUT2D eigenvalue weighted by Gasteiger charge is 2.19. The van der Waals surface area contributed by atoms with E-state index in [0.29, 0.717) is 5.56 Å². The molecule has 3 aromatic rings. The van der Waals surface area contributed by atoms with Gasteiger partial charge < -0.3 is 15.2 Å². The fourth-order valence-electron chi connectivity index (χ4n) is 2.75. The van der Waals surface area contributed by atoms with Crippen LogP contribution in [0.25, 0.3) is 0 Å². The number of rotatable bonds is 7. The number of urea groups is 1. The smallest absolute Gasteiger partial charge is 0.358 e. The van der Waals surface area contributed by atoms with Crippen LogP contribution in [-0.4, -0.2) is 33.5 Å². The van der Waals surface area contributed by atoms with E-state index in [4.69, 9.17) is 4.74 Å². The average molecular weight is 412 g/mol. The lowest BCUT2D eigenvalue weighted by atomic mass is 10.1. The molecular weight excluding hydrogens is 391 g/mol. The Morgan fingerprint density at radius 3 is 2.60 bits per heavy atom. The van der Waals surface area contributed by atoms with Crippen LogP contribution in [0.4, 0.5) is 20.7 Å². The van der Waals surface area contributed by atoms with Crippen molar-refractivity contribution in [3.63, 3.8) is 0 Å². The Balaban J connectivity index is 1.80. The highest BCUT2D eigenvalue weighted by molar-refractivity contribution is 6.00. The lowest BCUT2D eigenvalue weighted by molar-refractivity contribution is 0.0517. The second kappa shape index (κ2) is 9.66. The molecule has 0 fully saturated rings. The minimum atomic E-state index is -0.923. The normalized spacial score (nSPS) is 11.6. The zero-order chi connectivity index (χ0) is 21.5. The fourth-order valence-corrected chi connectivity index (χ4v) is 2.75. The lowest BCUT2D eigenvalue weighted by Crippen LogP contribution is -2.22. The van der Waals surface area contributed by atoms with Crippen molar-refractivity contribution in [1.82, 2.24) is 9.78 Å². The fraction of sp³-hybridized carbons (Fsp3) is 0.190. The zero-order valence-corrected chi connectivity index (χ0v) is 16.2. The highest BCUT2D eigenvalue weighted by Crippen LogP contribution is 2.19. The summed E-state index contributed by atoms with van der Waals surface area (Å²) in [6.45, 7) is 1.82. The van der Waals surface area contributed by atoms with Crippen LogP contribution in [0.5, 0.6) is 0 Å². The summed E-state index contributed by atoms with van der Waals surface area (Å²) in [6.07, 6.45) is -0.923. The van der Waals surface area contributed by atoms with Gasteiger partial charge in [0.1, 0.15) is 11.6 Å². The van der Waals surface area contributed by atoms with Gasteiger partial charge in [-0.2, -0.15) is 5.10 Å². The molecule has 30 heavy (non-hydrogen) atoms. The first-order valence-corrected chi connectivity index (χ1v) is 9.28. The first-order chi connectivity index (χ1) is 14.5. The molecule has 3 N–H and O–H groups in total. The van der Waals surface area contributed by atoms with Crippen LogP contribution in [0.2, 0.25) is 0 Å². The van der Waals surface area contributed by atoms with Gasteiger partial charge in [-0.15, -0.1) is 0 Å².